The molecule has 3 aromatic rings. The molecule has 0 amide bonds. The van der Waals surface area contributed by atoms with E-state index in [-0.39, 0.29) is 11.7 Å². The molecule has 2 aliphatic rings. The lowest BCUT2D eigenvalue weighted by Gasteiger charge is -2.27. The number of piperidine rings is 1. The van der Waals surface area contributed by atoms with Crippen molar-refractivity contribution in [3.63, 3.8) is 0 Å². The highest BCUT2D eigenvalue weighted by atomic mass is 32.2. The van der Waals surface area contributed by atoms with Crippen LogP contribution in [0.15, 0.2) is 41.6 Å². The molecular weight excluding hydrogens is 434 g/mol. The second-order valence-corrected chi connectivity index (χ2v) is 9.89. The van der Waals surface area contributed by atoms with Gasteiger partial charge in [0.2, 0.25) is 0 Å². The van der Waals surface area contributed by atoms with Crippen LogP contribution in [0.3, 0.4) is 0 Å². The number of hydrogen-bond acceptors (Lipinski definition) is 6. The Morgan fingerprint density at radius 3 is 2.70 bits per heavy atom. The summed E-state index contributed by atoms with van der Waals surface area (Å²) in [5.41, 5.74) is 3.47. The Kier molecular flexibility index (Phi) is 6.60. The maximum Gasteiger partial charge on any atom is 0.340 e. The van der Waals surface area contributed by atoms with Crippen LogP contribution in [-0.4, -0.2) is 45.2 Å². The minimum Gasteiger partial charge on any atom is -0.508 e. The van der Waals surface area contributed by atoms with Crippen molar-refractivity contribution >= 4 is 28.6 Å². The van der Waals surface area contributed by atoms with E-state index >= 15 is 0 Å². The van der Waals surface area contributed by atoms with Gasteiger partial charge in [0.25, 0.3) is 0 Å². The van der Waals surface area contributed by atoms with E-state index in [0.717, 1.165) is 53.1 Å². The smallest absolute Gasteiger partial charge is 0.340 e. The summed E-state index contributed by atoms with van der Waals surface area (Å²) >= 11 is 1.63. The third-order valence-corrected chi connectivity index (χ3v) is 7.53. The summed E-state index contributed by atoms with van der Waals surface area (Å²) in [5, 5.41) is 12.7. The number of fused-ring (bicyclic) bond motifs is 1. The quantitative estimate of drug-likeness (QED) is 0.348. The van der Waals surface area contributed by atoms with E-state index in [9.17, 15) is 9.90 Å². The number of phenols is 1. The molecule has 5 rings (SSSR count). The number of aromatic nitrogens is 2. The van der Waals surface area contributed by atoms with Crippen molar-refractivity contribution in [3.8, 4) is 5.75 Å². The van der Waals surface area contributed by atoms with Crippen LogP contribution in [0, 0.1) is 0 Å². The molecule has 1 aliphatic heterocycles. The average molecular weight is 466 g/mol. The number of hydrogen-bond donors (Lipinski definition) is 1. The summed E-state index contributed by atoms with van der Waals surface area (Å²) < 4.78 is 7.88. The van der Waals surface area contributed by atoms with Crippen LogP contribution in [0.2, 0.25) is 0 Å². The van der Waals surface area contributed by atoms with Gasteiger partial charge in [-0.1, -0.05) is 12.5 Å². The first-order valence-electron chi connectivity index (χ1n) is 12.0. The number of nitrogens with zero attached hydrogens (tertiary/aromatic N) is 3. The molecule has 0 bridgehead atoms. The first-order chi connectivity index (χ1) is 16.2. The van der Waals surface area contributed by atoms with Crippen molar-refractivity contribution in [2.24, 2.45) is 0 Å². The van der Waals surface area contributed by atoms with Gasteiger partial charge in [-0.25, -0.2) is 9.78 Å². The number of pyridine rings is 1. The minimum atomic E-state index is -0.302. The molecule has 0 radical (unpaired) electrons. The highest BCUT2D eigenvalue weighted by molar-refractivity contribution is 7.98. The number of rotatable bonds is 8. The van der Waals surface area contributed by atoms with Crippen LogP contribution < -0.4 is 0 Å². The SMILES string of the molecule is CCOC(=O)c1c(CSc2ccccn2)n(C2CC2)c2ccc(O)c(CN3CCCCC3)c12. The average Bonchev–Trinajstić information content (AvgIpc) is 3.62. The van der Waals surface area contributed by atoms with Crippen molar-refractivity contribution < 1.29 is 14.6 Å². The topological polar surface area (TPSA) is 67.6 Å². The molecule has 0 atom stereocenters. The van der Waals surface area contributed by atoms with Crippen molar-refractivity contribution in [1.29, 1.82) is 0 Å². The van der Waals surface area contributed by atoms with Crippen molar-refractivity contribution in [1.82, 2.24) is 14.5 Å². The number of phenolic OH excluding ortho intramolecular Hbond substituents is 1. The summed E-state index contributed by atoms with van der Waals surface area (Å²) in [5.74, 6) is 0.583. The standard InChI is InChI=1S/C26H31N3O3S/c1-2-32-26(31)25-21(17-33-23-8-4-5-13-27-23)29(18-9-10-18)20-11-12-22(30)19(24(20)25)16-28-14-6-3-7-15-28/h4-5,8,11-13,18,30H,2-3,6-7,9-10,14-17H2,1H3. The molecule has 1 saturated carbocycles. The minimum absolute atomic E-state index is 0.260. The molecule has 1 saturated heterocycles. The molecule has 1 aromatic carbocycles. The lowest BCUT2D eigenvalue weighted by molar-refractivity contribution is 0.0527. The lowest BCUT2D eigenvalue weighted by atomic mass is 10.0. The molecule has 2 aromatic heterocycles. The number of carbonyl (C=O) groups excluding carboxylic acids is 1. The second kappa shape index (κ2) is 9.77. The van der Waals surface area contributed by atoms with Gasteiger partial charge in [-0.3, -0.25) is 4.90 Å². The fourth-order valence-corrected chi connectivity index (χ4v) is 5.78. The van der Waals surface area contributed by atoms with Crippen LogP contribution in [0.5, 0.6) is 5.75 Å². The zero-order valence-corrected chi connectivity index (χ0v) is 19.9. The molecule has 0 unspecified atom stereocenters. The highest BCUT2D eigenvalue weighted by Gasteiger charge is 2.34. The first kappa shape index (κ1) is 22.3. The maximum absolute atomic E-state index is 13.3. The fraction of sp³-hybridized carbons (Fsp3) is 0.462. The van der Waals surface area contributed by atoms with Crippen LogP contribution in [-0.2, 0) is 17.0 Å². The number of benzene rings is 1. The lowest BCUT2D eigenvalue weighted by Crippen LogP contribution is -2.29. The number of esters is 1. The number of carbonyl (C=O) groups is 1. The zero-order chi connectivity index (χ0) is 22.8. The van der Waals surface area contributed by atoms with E-state index in [2.05, 4.69) is 14.5 Å². The zero-order valence-electron chi connectivity index (χ0n) is 19.1. The van der Waals surface area contributed by atoms with Gasteiger partial charge in [-0.2, -0.15) is 0 Å². The van der Waals surface area contributed by atoms with E-state index in [1.807, 2.05) is 31.2 Å². The highest BCUT2D eigenvalue weighted by Crippen LogP contribution is 2.45. The monoisotopic (exact) mass is 465 g/mol. The van der Waals surface area contributed by atoms with E-state index in [4.69, 9.17) is 4.74 Å². The van der Waals surface area contributed by atoms with Gasteiger partial charge in [0.15, 0.2) is 0 Å². The van der Waals surface area contributed by atoms with Gasteiger partial charge in [-0.15, -0.1) is 11.8 Å². The molecule has 7 heteroatoms. The molecular formula is C26H31N3O3S. The third kappa shape index (κ3) is 4.62. The van der Waals surface area contributed by atoms with Crippen molar-refractivity contribution in [3.05, 3.63) is 53.3 Å². The Labute approximate surface area is 198 Å². The van der Waals surface area contributed by atoms with Gasteiger partial charge in [0.1, 0.15) is 5.75 Å². The molecule has 33 heavy (non-hydrogen) atoms. The number of likely N-dealkylation sites (tertiary alicyclic amines) is 1. The molecule has 1 N–H and O–H groups in total. The molecule has 3 heterocycles. The predicted molar refractivity (Wildman–Crippen MR) is 131 cm³/mol. The Hall–Kier alpha value is -2.51. The van der Waals surface area contributed by atoms with Crippen LogP contribution in [0.1, 0.15) is 66.7 Å². The molecule has 174 valence electrons. The normalized spacial score (nSPS) is 16.9. The van der Waals surface area contributed by atoms with Gasteiger partial charge in [0.05, 0.1) is 17.2 Å². The van der Waals surface area contributed by atoms with Gasteiger partial charge < -0.3 is 14.4 Å². The van der Waals surface area contributed by atoms with E-state index in [1.54, 1.807) is 24.0 Å². The predicted octanol–water partition coefficient (Wildman–Crippen LogP) is 5.53. The van der Waals surface area contributed by atoms with E-state index in [1.165, 1.54) is 19.3 Å². The van der Waals surface area contributed by atoms with Crippen LogP contribution in [0.25, 0.3) is 10.9 Å². The molecule has 1 aliphatic carbocycles. The van der Waals surface area contributed by atoms with Gasteiger partial charge in [0, 0.05) is 46.7 Å². The maximum atomic E-state index is 13.3. The summed E-state index contributed by atoms with van der Waals surface area (Å²) in [6.45, 7) is 4.86. The Bertz CT molecular complexity index is 1130. The van der Waals surface area contributed by atoms with E-state index < -0.39 is 0 Å². The first-order valence-corrected chi connectivity index (χ1v) is 13.0. The van der Waals surface area contributed by atoms with Crippen LogP contribution in [0.4, 0.5) is 0 Å². The molecule has 0 spiro atoms. The van der Waals surface area contributed by atoms with Crippen molar-refractivity contribution in [2.45, 2.75) is 62.4 Å². The summed E-state index contributed by atoms with van der Waals surface area (Å²) in [7, 11) is 0. The molecule has 2 fully saturated rings. The third-order valence-electron chi connectivity index (χ3n) is 6.57. The number of thioether (sulfide) groups is 1. The summed E-state index contributed by atoms with van der Waals surface area (Å²) in [4.78, 5) is 20.2. The Morgan fingerprint density at radius 1 is 1.18 bits per heavy atom. The number of ether oxygens (including phenoxy) is 1. The van der Waals surface area contributed by atoms with Gasteiger partial charge in [-0.05, 0) is 70.0 Å². The number of aromatic hydroxyl groups is 1. The fourth-order valence-electron chi connectivity index (χ4n) is 4.90. The molecule has 6 nitrogen and oxygen atoms in total. The Balaban J connectivity index is 1.65. The van der Waals surface area contributed by atoms with Crippen molar-refractivity contribution in [2.75, 3.05) is 19.7 Å². The summed E-state index contributed by atoms with van der Waals surface area (Å²) in [6.07, 6.45) is 7.62. The van der Waals surface area contributed by atoms with E-state index in [0.29, 0.717) is 30.5 Å². The second-order valence-electron chi connectivity index (χ2n) is 8.89. The van der Waals surface area contributed by atoms with Gasteiger partial charge >= 0.3 is 5.97 Å². The van der Waals surface area contributed by atoms with Crippen LogP contribution >= 0.6 is 11.8 Å². The Morgan fingerprint density at radius 2 is 2.00 bits per heavy atom. The summed E-state index contributed by atoms with van der Waals surface area (Å²) in [6, 6.07) is 10.0. The largest absolute Gasteiger partial charge is 0.508 e.